The van der Waals surface area contributed by atoms with Gasteiger partial charge in [-0.15, -0.1) is 0 Å². The highest BCUT2D eigenvalue weighted by Gasteiger charge is 2.35. The number of methoxy groups -OCH3 is 2. The SMILES string of the molecule is COC(=O)C1=C(C)N(c2cccc(C)c2)C(=S)N[C@H]1c1ccc(C(=O)OC)cc1. The Balaban J connectivity index is 2.08. The van der Waals surface area contributed by atoms with Gasteiger partial charge in [-0.1, -0.05) is 24.3 Å². The third-order valence-electron chi connectivity index (χ3n) is 4.82. The van der Waals surface area contributed by atoms with Crippen LogP contribution in [0.3, 0.4) is 0 Å². The van der Waals surface area contributed by atoms with Crippen LogP contribution in [0.4, 0.5) is 5.69 Å². The third-order valence-corrected chi connectivity index (χ3v) is 5.12. The number of benzene rings is 2. The van der Waals surface area contributed by atoms with Crippen molar-refractivity contribution in [3.8, 4) is 0 Å². The van der Waals surface area contributed by atoms with Crippen molar-refractivity contribution < 1.29 is 19.1 Å². The summed E-state index contributed by atoms with van der Waals surface area (Å²) < 4.78 is 9.79. The van der Waals surface area contributed by atoms with Gasteiger partial charge in [-0.2, -0.15) is 0 Å². The highest BCUT2D eigenvalue weighted by molar-refractivity contribution is 7.80. The molecule has 2 aromatic carbocycles. The molecule has 1 aliphatic rings. The van der Waals surface area contributed by atoms with Crippen LogP contribution in [0.2, 0.25) is 0 Å². The van der Waals surface area contributed by atoms with Gasteiger partial charge in [-0.05, 0) is 61.5 Å². The average Bonchev–Trinajstić information content (AvgIpc) is 2.72. The Morgan fingerprint density at radius 3 is 2.24 bits per heavy atom. The largest absolute Gasteiger partial charge is 0.466 e. The molecule has 1 N–H and O–H groups in total. The van der Waals surface area contributed by atoms with Crippen LogP contribution < -0.4 is 10.2 Å². The summed E-state index contributed by atoms with van der Waals surface area (Å²) in [6, 6.07) is 14.2. The summed E-state index contributed by atoms with van der Waals surface area (Å²) in [4.78, 5) is 26.2. The maximum Gasteiger partial charge on any atom is 0.337 e. The second kappa shape index (κ2) is 8.45. The van der Waals surface area contributed by atoms with E-state index < -0.39 is 18.0 Å². The van der Waals surface area contributed by atoms with E-state index in [1.807, 2.05) is 43.0 Å². The summed E-state index contributed by atoms with van der Waals surface area (Å²) in [6.07, 6.45) is 0. The molecule has 1 aliphatic heterocycles. The number of allylic oxidation sites excluding steroid dienone is 1. The van der Waals surface area contributed by atoms with Crippen molar-refractivity contribution in [3.63, 3.8) is 0 Å². The fourth-order valence-electron chi connectivity index (χ4n) is 3.37. The van der Waals surface area contributed by atoms with Gasteiger partial charge in [-0.3, -0.25) is 4.90 Å². The van der Waals surface area contributed by atoms with Gasteiger partial charge in [0, 0.05) is 11.4 Å². The Bertz CT molecular complexity index is 998. The van der Waals surface area contributed by atoms with Crippen LogP contribution in [0.1, 0.15) is 34.5 Å². The molecule has 0 saturated heterocycles. The summed E-state index contributed by atoms with van der Waals surface area (Å²) in [6.45, 7) is 3.84. The number of aryl methyl sites for hydroxylation is 1. The zero-order valence-electron chi connectivity index (χ0n) is 16.7. The molecular weight excluding hydrogens is 388 g/mol. The first-order chi connectivity index (χ1) is 13.9. The molecule has 1 heterocycles. The normalized spacial score (nSPS) is 16.3. The first-order valence-corrected chi connectivity index (χ1v) is 9.42. The lowest BCUT2D eigenvalue weighted by Crippen LogP contribution is -2.48. The number of ether oxygens (including phenoxy) is 2. The van der Waals surface area contributed by atoms with E-state index in [0.717, 1.165) is 16.8 Å². The lowest BCUT2D eigenvalue weighted by Gasteiger charge is -2.37. The second-order valence-electron chi connectivity index (χ2n) is 6.66. The van der Waals surface area contributed by atoms with E-state index in [1.165, 1.54) is 14.2 Å². The van der Waals surface area contributed by atoms with Crippen LogP contribution in [0.15, 0.2) is 59.8 Å². The van der Waals surface area contributed by atoms with Crippen molar-refractivity contribution in [3.05, 3.63) is 76.5 Å². The zero-order chi connectivity index (χ0) is 21.1. The Hall–Kier alpha value is -3.19. The van der Waals surface area contributed by atoms with Gasteiger partial charge in [0.05, 0.1) is 31.4 Å². The topological polar surface area (TPSA) is 67.9 Å². The Morgan fingerprint density at radius 2 is 1.66 bits per heavy atom. The van der Waals surface area contributed by atoms with Gasteiger partial charge in [0.15, 0.2) is 5.11 Å². The maximum atomic E-state index is 12.7. The average molecular weight is 410 g/mol. The summed E-state index contributed by atoms with van der Waals surface area (Å²) in [7, 11) is 2.68. The zero-order valence-corrected chi connectivity index (χ0v) is 17.5. The predicted octanol–water partition coefficient (Wildman–Crippen LogP) is 3.66. The number of rotatable bonds is 4. The fraction of sp³-hybridized carbons (Fsp3) is 0.227. The van der Waals surface area contributed by atoms with Gasteiger partial charge in [0.25, 0.3) is 0 Å². The molecule has 0 saturated carbocycles. The molecule has 1 atom stereocenters. The van der Waals surface area contributed by atoms with E-state index in [9.17, 15) is 9.59 Å². The van der Waals surface area contributed by atoms with Gasteiger partial charge in [0.1, 0.15) is 0 Å². The van der Waals surface area contributed by atoms with E-state index in [-0.39, 0.29) is 0 Å². The molecule has 6 nitrogen and oxygen atoms in total. The van der Waals surface area contributed by atoms with Crippen molar-refractivity contribution >= 4 is 35.0 Å². The highest BCUT2D eigenvalue weighted by atomic mass is 32.1. The monoisotopic (exact) mass is 410 g/mol. The Kier molecular flexibility index (Phi) is 5.98. The van der Waals surface area contributed by atoms with Gasteiger partial charge >= 0.3 is 11.9 Å². The standard InChI is InChI=1S/C22H22N2O4S/c1-13-6-5-7-17(12-13)24-14(2)18(21(26)28-4)19(23-22(24)29)15-8-10-16(11-9-15)20(25)27-3/h5-12,19H,1-4H3,(H,23,29)/t19-/m0/s1. The van der Waals surface area contributed by atoms with E-state index in [2.05, 4.69) is 5.32 Å². The first-order valence-electron chi connectivity index (χ1n) is 9.02. The number of carbonyl (C=O) groups excluding carboxylic acids is 2. The number of anilines is 1. The Labute approximate surface area is 175 Å². The molecule has 150 valence electrons. The lowest BCUT2D eigenvalue weighted by atomic mass is 9.94. The highest BCUT2D eigenvalue weighted by Crippen LogP contribution is 2.34. The molecule has 0 unspecified atom stereocenters. The molecular formula is C22H22N2O4S. The second-order valence-corrected chi connectivity index (χ2v) is 7.05. The minimum atomic E-state index is -0.497. The molecule has 29 heavy (non-hydrogen) atoms. The number of nitrogens with zero attached hydrogens (tertiary/aromatic N) is 1. The number of nitrogens with one attached hydrogen (secondary N) is 1. The molecule has 0 radical (unpaired) electrons. The number of carbonyl (C=O) groups is 2. The lowest BCUT2D eigenvalue weighted by molar-refractivity contribution is -0.136. The van der Waals surface area contributed by atoms with E-state index in [0.29, 0.717) is 21.9 Å². The number of esters is 2. The van der Waals surface area contributed by atoms with Crippen LogP contribution in [0.25, 0.3) is 0 Å². The van der Waals surface area contributed by atoms with Gasteiger partial charge in [-0.25, -0.2) is 9.59 Å². The minimum absolute atomic E-state index is 0.422. The fourth-order valence-corrected chi connectivity index (χ4v) is 3.74. The molecule has 0 bridgehead atoms. The first kappa shape index (κ1) is 20.5. The van der Waals surface area contributed by atoms with Crippen LogP contribution in [-0.4, -0.2) is 31.3 Å². The molecule has 0 amide bonds. The van der Waals surface area contributed by atoms with E-state index in [1.54, 1.807) is 24.3 Å². The predicted molar refractivity (Wildman–Crippen MR) is 115 cm³/mol. The van der Waals surface area contributed by atoms with Crippen molar-refractivity contribution in [1.29, 1.82) is 0 Å². The van der Waals surface area contributed by atoms with Crippen molar-refractivity contribution in [2.75, 3.05) is 19.1 Å². The molecule has 0 aliphatic carbocycles. The summed E-state index contributed by atoms with van der Waals surface area (Å²) in [5.41, 5.74) is 4.29. The maximum absolute atomic E-state index is 12.7. The number of hydrogen-bond donors (Lipinski definition) is 1. The molecule has 7 heteroatoms. The number of hydrogen-bond acceptors (Lipinski definition) is 5. The molecule has 3 rings (SSSR count). The van der Waals surface area contributed by atoms with Gasteiger partial charge < -0.3 is 14.8 Å². The van der Waals surface area contributed by atoms with Gasteiger partial charge in [0.2, 0.25) is 0 Å². The quantitative estimate of drug-likeness (QED) is 0.609. The smallest absolute Gasteiger partial charge is 0.337 e. The van der Waals surface area contributed by atoms with Crippen molar-refractivity contribution in [2.24, 2.45) is 0 Å². The number of thiocarbonyl (C=S) groups is 1. The molecule has 2 aromatic rings. The molecule has 0 aromatic heterocycles. The van der Waals surface area contributed by atoms with E-state index in [4.69, 9.17) is 21.7 Å². The summed E-state index contributed by atoms with van der Waals surface area (Å²) >= 11 is 5.62. The third kappa shape index (κ3) is 4.00. The molecule has 0 spiro atoms. The Morgan fingerprint density at radius 1 is 1.00 bits per heavy atom. The van der Waals surface area contributed by atoms with Crippen LogP contribution >= 0.6 is 12.2 Å². The van der Waals surface area contributed by atoms with Crippen molar-refractivity contribution in [1.82, 2.24) is 5.32 Å². The minimum Gasteiger partial charge on any atom is -0.466 e. The van der Waals surface area contributed by atoms with Crippen LogP contribution in [0, 0.1) is 6.92 Å². The summed E-state index contributed by atoms with van der Waals surface area (Å²) in [5.74, 6) is -0.869. The van der Waals surface area contributed by atoms with Crippen molar-refractivity contribution in [2.45, 2.75) is 19.9 Å². The van der Waals surface area contributed by atoms with Crippen LogP contribution in [0.5, 0.6) is 0 Å². The summed E-state index contributed by atoms with van der Waals surface area (Å²) in [5, 5.41) is 3.72. The van der Waals surface area contributed by atoms with Crippen LogP contribution in [-0.2, 0) is 14.3 Å². The van der Waals surface area contributed by atoms with E-state index >= 15 is 0 Å². The molecule has 0 fully saturated rings.